The zero-order valence-electron chi connectivity index (χ0n) is 10.7. The van der Waals surface area contributed by atoms with Gasteiger partial charge in [0.05, 0.1) is 5.69 Å². The second-order valence-corrected chi connectivity index (χ2v) is 6.12. The molecule has 1 aromatic rings. The van der Waals surface area contributed by atoms with Gasteiger partial charge in [-0.1, -0.05) is 31.5 Å². The first-order valence-corrected chi connectivity index (χ1v) is 6.71. The zero-order valence-corrected chi connectivity index (χ0v) is 11.5. The van der Waals surface area contributed by atoms with Gasteiger partial charge in [-0.05, 0) is 11.6 Å². The molecule has 2 aliphatic heterocycles. The van der Waals surface area contributed by atoms with Crippen molar-refractivity contribution in [3.63, 3.8) is 0 Å². The van der Waals surface area contributed by atoms with Crippen LogP contribution < -0.4 is 10.2 Å². The molecule has 96 valence electrons. The quantitative estimate of drug-likeness (QED) is 0.781. The second-order valence-electron chi connectivity index (χ2n) is 5.71. The first kappa shape index (κ1) is 12.0. The van der Waals surface area contributed by atoms with E-state index in [4.69, 9.17) is 11.6 Å². The third-order valence-corrected chi connectivity index (χ3v) is 4.19. The molecule has 0 aromatic heterocycles. The third-order valence-electron chi connectivity index (χ3n) is 3.88. The Morgan fingerprint density at radius 1 is 1.39 bits per heavy atom. The molecule has 0 unspecified atom stereocenters. The summed E-state index contributed by atoms with van der Waals surface area (Å²) < 4.78 is 0. The number of amides is 1. The van der Waals surface area contributed by atoms with Gasteiger partial charge in [-0.2, -0.15) is 0 Å². The van der Waals surface area contributed by atoms with Crippen LogP contribution in [0.3, 0.4) is 0 Å². The number of halogens is 1. The first-order chi connectivity index (χ1) is 8.50. The molecule has 0 saturated heterocycles. The Labute approximate surface area is 112 Å². The topological polar surface area (TPSA) is 32.3 Å². The average Bonchev–Trinajstić information content (AvgIpc) is 2.48. The maximum atomic E-state index is 12.3. The minimum Gasteiger partial charge on any atom is -0.311 e. The molecule has 1 aromatic carbocycles. The Bertz CT molecular complexity index is 525. The minimum absolute atomic E-state index is 0.180. The molecule has 1 N–H and O–H groups in total. The van der Waals surface area contributed by atoms with E-state index in [-0.39, 0.29) is 11.3 Å². The molecule has 2 heterocycles. The Morgan fingerprint density at radius 3 is 2.94 bits per heavy atom. The van der Waals surface area contributed by atoms with Gasteiger partial charge < -0.3 is 10.2 Å². The lowest BCUT2D eigenvalue weighted by atomic mass is 9.76. The van der Waals surface area contributed by atoms with E-state index in [9.17, 15) is 4.79 Å². The molecule has 0 radical (unpaired) electrons. The number of rotatable bonds is 0. The predicted octanol–water partition coefficient (Wildman–Crippen LogP) is 2.46. The maximum absolute atomic E-state index is 12.3. The summed E-state index contributed by atoms with van der Waals surface area (Å²) in [5, 5.41) is 4.13. The van der Waals surface area contributed by atoms with E-state index in [1.165, 1.54) is 5.56 Å². The van der Waals surface area contributed by atoms with E-state index in [2.05, 4.69) is 19.2 Å². The van der Waals surface area contributed by atoms with Crippen molar-refractivity contribution in [1.82, 2.24) is 5.32 Å². The number of carbonyl (C=O) groups excluding carboxylic acids is 1. The summed E-state index contributed by atoms with van der Waals surface area (Å²) in [6.45, 7) is 6.57. The summed E-state index contributed by atoms with van der Waals surface area (Å²) >= 11 is 6.39. The summed E-state index contributed by atoms with van der Waals surface area (Å²) in [5.74, 6) is 0.208. The molecule has 1 amide bonds. The van der Waals surface area contributed by atoms with Crippen molar-refractivity contribution >= 4 is 23.2 Å². The van der Waals surface area contributed by atoms with Crippen LogP contribution in [0, 0.1) is 0 Å². The van der Waals surface area contributed by atoms with Crippen molar-refractivity contribution in [2.75, 3.05) is 18.0 Å². The molecule has 0 aliphatic carbocycles. The molecule has 0 fully saturated rings. The Hall–Kier alpha value is -1.06. The van der Waals surface area contributed by atoms with Gasteiger partial charge in [-0.25, -0.2) is 0 Å². The van der Waals surface area contributed by atoms with E-state index in [1.807, 2.05) is 17.0 Å². The number of hydrogen-bond donors (Lipinski definition) is 1. The largest absolute Gasteiger partial charge is 0.311 e. The second kappa shape index (κ2) is 3.97. The number of benzene rings is 1. The molecule has 18 heavy (non-hydrogen) atoms. The lowest BCUT2D eigenvalue weighted by Gasteiger charge is -2.39. The molecule has 3 rings (SSSR count). The molecular weight excluding hydrogens is 248 g/mol. The predicted molar refractivity (Wildman–Crippen MR) is 73.2 cm³/mol. The van der Waals surface area contributed by atoms with Crippen LogP contribution >= 0.6 is 11.6 Å². The van der Waals surface area contributed by atoms with Crippen molar-refractivity contribution in [2.24, 2.45) is 0 Å². The standard InChI is InChI=1S/C14H17ClN2O/c1-14(2)7-11(18)17-6-5-16-8-9-3-4-10(15)12(14)13(9)17/h3-4,16H,5-8H2,1-2H3. The van der Waals surface area contributed by atoms with Gasteiger partial charge in [0, 0.05) is 42.1 Å². The maximum Gasteiger partial charge on any atom is 0.227 e. The highest BCUT2D eigenvalue weighted by molar-refractivity contribution is 6.32. The van der Waals surface area contributed by atoms with Crippen molar-refractivity contribution in [3.05, 3.63) is 28.3 Å². The number of hydrogen-bond acceptors (Lipinski definition) is 2. The van der Waals surface area contributed by atoms with Crippen LogP contribution in [0.4, 0.5) is 5.69 Å². The van der Waals surface area contributed by atoms with Crippen LogP contribution in [0.25, 0.3) is 0 Å². The summed E-state index contributed by atoms with van der Waals surface area (Å²) in [6, 6.07) is 3.99. The lowest BCUT2D eigenvalue weighted by molar-refractivity contribution is -0.120. The average molecular weight is 265 g/mol. The number of nitrogens with zero attached hydrogens (tertiary/aromatic N) is 1. The van der Waals surface area contributed by atoms with Crippen molar-refractivity contribution in [2.45, 2.75) is 32.2 Å². The van der Waals surface area contributed by atoms with Crippen LogP contribution in [0.1, 0.15) is 31.4 Å². The molecule has 4 heteroatoms. The lowest BCUT2D eigenvalue weighted by Crippen LogP contribution is -2.43. The fourth-order valence-electron chi connectivity index (χ4n) is 3.04. The highest BCUT2D eigenvalue weighted by Gasteiger charge is 2.39. The fraction of sp³-hybridized carbons (Fsp3) is 0.500. The monoisotopic (exact) mass is 264 g/mol. The summed E-state index contributed by atoms with van der Waals surface area (Å²) in [4.78, 5) is 14.2. The smallest absolute Gasteiger partial charge is 0.227 e. The first-order valence-electron chi connectivity index (χ1n) is 6.33. The van der Waals surface area contributed by atoms with Gasteiger partial charge in [0.2, 0.25) is 5.91 Å². The highest BCUT2D eigenvalue weighted by atomic mass is 35.5. The molecule has 3 nitrogen and oxygen atoms in total. The van der Waals surface area contributed by atoms with Crippen LogP contribution in [0.15, 0.2) is 12.1 Å². The molecule has 0 spiro atoms. The SMILES string of the molecule is CC1(C)CC(=O)N2CCNCc3ccc(Cl)c1c32. The minimum atomic E-state index is -0.180. The number of anilines is 1. The van der Waals surface area contributed by atoms with E-state index >= 15 is 0 Å². The third kappa shape index (κ3) is 1.65. The fourth-order valence-corrected chi connectivity index (χ4v) is 3.45. The molecule has 2 aliphatic rings. The van der Waals surface area contributed by atoms with E-state index < -0.39 is 0 Å². The normalized spacial score (nSPS) is 21.5. The van der Waals surface area contributed by atoms with Crippen LogP contribution in [0.2, 0.25) is 5.02 Å². The van der Waals surface area contributed by atoms with E-state index in [1.54, 1.807) is 0 Å². The van der Waals surface area contributed by atoms with Crippen molar-refractivity contribution in [1.29, 1.82) is 0 Å². The molecule has 0 atom stereocenters. The van der Waals surface area contributed by atoms with Crippen LogP contribution in [-0.2, 0) is 16.8 Å². The van der Waals surface area contributed by atoms with Gasteiger partial charge >= 0.3 is 0 Å². The molecule has 0 saturated carbocycles. The van der Waals surface area contributed by atoms with E-state index in [0.717, 1.165) is 35.9 Å². The van der Waals surface area contributed by atoms with Crippen LogP contribution in [0.5, 0.6) is 0 Å². The zero-order chi connectivity index (χ0) is 12.9. The molecule has 0 bridgehead atoms. The highest BCUT2D eigenvalue weighted by Crippen LogP contribution is 2.46. The summed E-state index contributed by atoms with van der Waals surface area (Å²) in [5.41, 5.74) is 3.17. The van der Waals surface area contributed by atoms with Crippen molar-refractivity contribution < 1.29 is 4.79 Å². The summed E-state index contributed by atoms with van der Waals surface area (Å²) in [6.07, 6.45) is 0.531. The van der Waals surface area contributed by atoms with Crippen molar-refractivity contribution in [3.8, 4) is 0 Å². The van der Waals surface area contributed by atoms with Gasteiger partial charge in [-0.15, -0.1) is 0 Å². The number of nitrogens with one attached hydrogen (secondary N) is 1. The molecular formula is C14H17ClN2O. The Morgan fingerprint density at radius 2 is 2.17 bits per heavy atom. The van der Waals surface area contributed by atoms with Crippen LogP contribution in [-0.4, -0.2) is 19.0 Å². The van der Waals surface area contributed by atoms with Gasteiger partial charge in [0.25, 0.3) is 0 Å². The van der Waals surface area contributed by atoms with E-state index in [0.29, 0.717) is 6.42 Å². The Kier molecular flexibility index (Phi) is 2.65. The Balaban J connectivity index is 2.30. The van der Waals surface area contributed by atoms with Gasteiger partial charge in [0.15, 0.2) is 0 Å². The van der Waals surface area contributed by atoms with Gasteiger partial charge in [0.1, 0.15) is 0 Å². The van der Waals surface area contributed by atoms with Gasteiger partial charge in [-0.3, -0.25) is 4.79 Å². The number of carbonyl (C=O) groups is 1. The summed E-state index contributed by atoms with van der Waals surface area (Å²) in [7, 11) is 0.